The molecule has 0 bridgehead atoms. The molecular weight excluding hydrogens is 422 g/mol. The summed E-state index contributed by atoms with van der Waals surface area (Å²) in [7, 11) is 3.28. The van der Waals surface area contributed by atoms with Gasteiger partial charge in [-0.3, -0.25) is 14.4 Å². The van der Waals surface area contributed by atoms with Crippen LogP contribution in [0.4, 0.5) is 0 Å². The highest BCUT2D eigenvalue weighted by Gasteiger charge is 2.45. The van der Waals surface area contributed by atoms with Gasteiger partial charge >= 0.3 is 11.9 Å². The van der Waals surface area contributed by atoms with Crippen LogP contribution in [0, 0.1) is 29.1 Å². The maximum atomic E-state index is 13.1. The third kappa shape index (κ3) is 5.68. The summed E-state index contributed by atoms with van der Waals surface area (Å²) in [4.78, 5) is 38.9. The van der Waals surface area contributed by atoms with Crippen molar-refractivity contribution in [2.75, 3.05) is 14.1 Å². The first-order chi connectivity index (χ1) is 15.4. The molecular formula is C26H39NO6. The molecule has 1 saturated heterocycles. The Morgan fingerprint density at radius 2 is 1.91 bits per heavy atom. The number of allylic oxidation sites excluding steroid dienone is 3. The highest BCUT2D eigenvalue weighted by molar-refractivity contribution is 6.01. The molecule has 3 aliphatic rings. The van der Waals surface area contributed by atoms with E-state index in [0.717, 1.165) is 6.42 Å². The van der Waals surface area contributed by atoms with E-state index < -0.39 is 17.5 Å². The zero-order chi connectivity index (χ0) is 24.5. The molecule has 0 aromatic rings. The quantitative estimate of drug-likeness (QED) is 0.482. The van der Waals surface area contributed by atoms with E-state index in [1.807, 2.05) is 0 Å². The molecule has 0 radical (unpaired) electrons. The number of cyclic esters (lactones) is 1. The molecule has 33 heavy (non-hydrogen) atoms. The van der Waals surface area contributed by atoms with Gasteiger partial charge in [-0.25, -0.2) is 0 Å². The lowest BCUT2D eigenvalue weighted by Crippen LogP contribution is -2.47. The first kappa shape index (κ1) is 25.5. The summed E-state index contributed by atoms with van der Waals surface area (Å²) in [6.45, 7) is 7.51. The smallest absolute Gasteiger partial charge is 0.321 e. The average molecular weight is 462 g/mol. The number of ether oxygens (including phenoxy) is 2. The van der Waals surface area contributed by atoms with Gasteiger partial charge < -0.3 is 19.5 Å². The van der Waals surface area contributed by atoms with Crippen molar-refractivity contribution in [2.45, 2.75) is 78.1 Å². The molecule has 0 saturated carbocycles. The number of fused-ring (bicyclic) bond motifs is 1. The molecule has 1 N–H and O–H groups in total. The van der Waals surface area contributed by atoms with E-state index in [-0.39, 0.29) is 54.2 Å². The van der Waals surface area contributed by atoms with Gasteiger partial charge in [0.15, 0.2) is 0 Å². The van der Waals surface area contributed by atoms with E-state index in [1.54, 1.807) is 27.9 Å². The number of esters is 2. The summed E-state index contributed by atoms with van der Waals surface area (Å²) in [5.74, 6) is -0.362. The van der Waals surface area contributed by atoms with Crippen molar-refractivity contribution in [1.29, 1.82) is 0 Å². The molecule has 0 aromatic carbocycles. The van der Waals surface area contributed by atoms with E-state index >= 15 is 0 Å². The molecule has 7 nitrogen and oxygen atoms in total. The Morgan fingerprint density at radius 3 is 2.55 bits per heavy atom. The zero-order valence-corrected chi connectivity index (χ0v) is 20.7. The Hall–Kier alpha value is -2.15. The van der Waals surface area contributed by atoms with Crippen molar-refractivity contribution in [1.82, 2.24) is 4.90 Å². The number of nitrogens with zero attached hydrogens (tertiary/aromatic N) is 1. The predicted molar refractivity (Wildman–Crippen MR) is 124 cm³/mol. The molecule has 1 aliphatic heterocycles. The second-order valence-corrected chi connectivity index (χ2v) is 10.8. The summed E-state index contributed by atoms with van der Waals surface area (Å²) in [5, 5.41) is 9.95. The largest absolute Gasteiger partial charge is 0.462 e. The normalized spacial score (nSPS) is 34.1. The molecule has 0 unspecified atom stereocenters. The van der Waals surface area contributed by atoms with Gasteiger partial charge in [-0.1, -0.05) is 32.1 Å². The lowest BCUT2D eigenvalue weighted by atomic mass is 9.65. The first-order valence-electron chi connectivity index (χ1n) is 12.1. The van der Waals surface area contributed by atoms with Crippen LogP contribution in [0.2, 0.25) is 0 Å². The number of amides is 1. The van der Waals surface area contributed by atoms with E-state index in [4.69, 9.17) is 9.47 Å². The lowest BCUT2D eigenvalue weighted by Gasteiger charge is -2.44. The van der Waals surface area contributed by atoms with Crippen LogP contribution in [0.3, 0.4) is 0 Å². The van der Waals surface area contributed by atoms with Crippen LogP contribution in [-0.4, -0.2) is 60.3 Å². The Kier molecular flexibility index (Phi) is 7.72. The maximum Gasteiger partial charge on any atom is 0.321 e. The van der Waals surface area contributed by atoms with Crippen LogP contribution >= 0.6 is 0 Å². The van der Waals surface area contributed by atoms with Gasteiger partial charge in [-0.2, -0.15) is 0 Å². The number of hydrogen-bond acceptors (Lipinski definition) is 6. The van der Waals surface area contributed by atoms with Gasteiger partial charge in [0.1, 0.15) is 17.6 Å². The number of hydrogen-bond donors (Lipinski definition) is 1. The molecule has 0 spiro atoms. The molecule has 7 atom stereocenters. The maximum absolute atomic E-state index is 13.1. The van der Waals surface area contributed by atoms with Crippen molar-refractivity contribution >= 4 is 17.8 Å². The van der Waals surface area contributed by atoms with Crippen molar-refractivity contribution in [3.05, 3.63) is 23.8 Å². The molecule has 184 valence electrons. The van der Waals surface area contributed by atoms with E-state index in [0.29, 0.717) is 19.3 Å². The average Bonchev–Trinajstić information content (AvgIpc) is 2.71. The fourth-order valence-electron chi connectivity index (χ4n) is 5.57. The van der Waals surface area contributed by atoms with Crippen LogP contribution in [-0.2, 0) is 23.9 Å². The highest BCUT2D eigenvalue weighted by Crippen LogP contribution is 2.45. The Morgan fingerprint density at radius 1 is 1.21 bits per heavy atom. The molecule has 7 heteroatoms. The van der Waals surface area contributed by atoms with E-state index in [1.165, 1.54) is 10.5 Å². The summed E-state index contributed by atoms with van der Waals surface area (Å²) in [5.41, 5.74) is -0.0846. The third-order valence-corrected chi connectivity index (χ3v) is 7.36. The van der Waals surface area contributed by atoms with Gasteiger partial charge in [0.05, 0.1) is 12.5 Å². The van der Waals surface area contributed by atoms with E-state index in [2.05, 4.69) is 32.1 Å². The van der Waals surface area contributed by atoms with Crippen LogP contribution in [0.5, 0.6) is 0 Å². The van der Waals surface area contributed by atoms with Crippen molar-refractivity contribution in [2.24, 2.45) is 29.1 Å². The minimum absolute atomic E-state index is 0.0274. The molecule has 1 amide bonds. The summed E-state index contributed by atoms with van der Waals surface area (Å²) in [6.07, 6.45) is 8.04. The number of carbonyl (C=O) groups is 3. The number of aliphatic hydroxyl groups is 1. The number of rotatable bonds is 6. The minimum Gasteiger partial charge on any atom is -0.462 e. The standard InChI is InChI=1S/C26H39NO6/c1-15-11-17-8-7-16(2)20(10-9-19-13-18(28)14-22(29)32-19)23(17)21(12-15)33-25(31)26(3,4)24(30)27(5)6/h7-8,11,15-16,18-21,23,28H,9-10,12-14H2,1-6H3/t15-,16-,18+,19+,20-,21-,23-/m0/s1. The highest BCUT2D eigenvalue weighted by atomic mass is 16.6. The summed E-state index contributed by atoms with van der Waals surface area (Å²) < 4.78 is 11.5. The van der Waals surface area contributed by atoms with Gasteiger partial charge in [-0.15, -0.1) is 0 Å². The van der Waals surface area contributed by atoms with Crippen molar-refractivity contribution in [3.63, 3.8) is 0 Å². The second kappa shape index (κ2) is 10.00. The lowest BCUT2D eigenvalue weighted by molar-refractivity contribution is -0.170. The van der Waals surface area contributed by atoms with Crippen LogP contribution in [0.1, 0.15) is 59.8 Å². The Balaban J connectivity index is 1.78. The minimum atomic E-state index is -1.26. The zero-order valence-electron chi connectivity index (χ0n) is 20.7. The third-order valence-electron chi connectivity index (χ3n) is 7.36. The second-order valence-electron chi connectivity index (χ2n) is 10.8. The van der Waals surface area contributed by atoms with Gasteiger partial charge in [0.2, 0.25) is 5.91 Å². The fourth-order valence-corrected chi connectivity index (χ4v) is 5.57. The van der Waals surface area contributed by atoms with E-state index in [9.17, 15) is 19.5 Å². The summed E-state index contributed by atoms with van der Waals surface area (Å²) in [6, 6.07) is 0. The van der Waals surface area contributed by atoms with Gasteiger partial charge in [0, 0.05) is 26.4 Å². The monoisotopic (exact) mass is 461 g/mol. The number of aliphatic hydroxyl groups excluding tert-OH is 1. The Bertz CT molecular complexity index is 829. The summed E-state index contributed by atoms with van der Waals surface area (Å²) >= 11 is 0. The Labute approximate surface area is 197 Å². The molecule has 1 heterocycles. The van der Waals surface area contributed by atoms with Crippen molar-refractivity contribution in [3.8, 4) is 0 Å². The predicted octanol–water partition coefficient (Wildman–Crippen LogP) is 3.26. The van der Waals surface area contributed by atoms with Gasteiger partial charge in [-0.05, 0) is 56.4 Å². The van der Waals surface area contributed by atoms with Crippen molar-refractivity contribution < 1.29 is 29.0 Å². The molecule has 2 aliphatic carbocycles. The van der Waals surface area contributed by atoms with Crippen LogP contribution in [0.15, 0.2) is 23.8 Å². The molecule has 1 fully saturated rings. The molecule has 0 aromatic heterocycles. The molecule has 3 rings (SSSR count). The fraction of sp³-hybridized carbons (Fsp3) is 0.731. The SMILES string of the molecule is C[C@H]1C=C2C=C[C@H](C)[C@H](CC[C@@H]3C[C@@H](O)CC(=O)O3)[C@H]2[C@@H](OC(=O)C(C)(C)C(=O)N(C)C)C1. The van der Waals surface area contributed by atoms with Gasteiger partial charge in [0.25, 0.3) is 0 Å². The van der Waals surface area contributed by atoms with Crippen LogP contribution in [0.25, 0.3) is 0 Å². The topological polar surface area (TPSA) is 93.1 Å². The van der Waals surface area contributed by atoms with Crippen LogP contribution < -0.4 is 0 Å². The first-order valence-corrected chi connectivity index (χ1v) is 12.1. The number of carbonyl (C=O) groups excluding carboxylic acids is 3.